The molecule has 1 fully saturated rings. The number of rotatable bonds is 3. The van der Waals surface area contributed by atoms with Gasteiger partial charge in [0.25, 0.3) is 0 Å². The third-order valence-corrected chi connectivity index (χ3v) is 12.7. The second-order valence-electron chi connectivity index (χ2n) is 14.9. The first-order valence-electron chi connectivity index (χ1n) is 17.8. The van der Waals surface area contributed by atoms with Gasteiger partial charge in [-0.1, -0.05) is 135 Å². The minimum atomic E-state index is -0.523. The lowest BCUT2D eigenvalue weighted by molar-refractivity contribution is 0.194. The number of hydrogen-bond acceptors (Lipinski definition) is 1. The lowest BCUT2D eigenvalue weighted by atomic mass is 9.61. The van der Waals surface area contributed by atoms with Gasteiger partial charge in [0.1, 0.15) is 5.82 Å². The van der Waals surface area contributed by atoms with E-state index in [9.17, 15) is 4.39 Å². The van der Waals surface area contributed by atoms with Gasteiger partial charge < -0.3 is 4.90 Å². The van der Waals surface area contributed by atoms with Gasteiger partial charge in [0.15, 0.2) is 0 Å². The molecule has 2 atom stereocenters. The number of hydrogen-bond donors (Lipinski definition) is 0. The Hall–Kier alpha value is -5.21. The molecular formula is C47H38FN. The highest BCUT2D eigenvalue weighted by Crippen LogP contribution is 2.63. The lowest BCUT2D eigenvalue weighted by Gasteiger charge is -2.50. The first-order chi connectivity index (χ1) is 23.9. The maximum absolute atomic E-state index is 15.0. The van der Waals surface area contributed by atoms with E-state index in [0.717, 1.165) is 24.1 Å². The maximum Gasteiger partial charge on any atom is 0.123 e. The predicted octanol–water partition coefficient (Wildman–Crippen LogP) is 12.2. The molecule has 0 saturated heterocycles. The van der Waals surface area contributed by atoms with E-state index in [1.54, 1.807) is 6.07 Å². The molecule has 2 heteroatoms. The third kappa shape index (κ3) is 3.64. The molecule has 3 aliphatic rings. The van der Waals surface area contributed by atoms with Crippen LogP contribution < -0.4 is 4.90 Å². The quantitative estimate of drug-likeness (QED) is 0.175. The minimum Gasteiger partial charge on any atom is -0.334 e. The highest BCUT2D eigenvalue weighted by Gasteiger charge is 2.58. The van der Waals surface area contributed by atoms with E-state index >= 15 is 0 Å². The van der Waals surface area contributed by atoms with Crippen LogP contribution in [-0.4, -0.2) is 5.54 Å². The molecule has 0 radical (unpaired) electrons. The second-order valence-corrected chi connectivity index (χ2v) is 14.9. The van der Waals surface area contributed by atoms with Crippen LogP contribution in [-0.2, 0) is 10.8 Å². The standard InChI is InChI=1S/C47H38FN/c1-45-27-11-12-28-46(45,2)49(43-26-20-34(48)29-42(43)45)35-21-23-39-41(30-35)47(32-14-5-3-6-15-32,33-16-7-4-8-17-33)40-25-24-37-36-18-10-9-13-31(36)19-22-38(37)44(39)40/h3-10,13-26,29-30H,11-12,27-28H2,1-2H3. The average molecular weight is 636 g/mol. The van der Waals surface area contributed by atoms with Gasteiger partial charge in [-0.2, -0.15) is 0 Å². The van der Waals surface area contributed by atoms with Crippen molar-refractivity contribution in [3.8, 4) is 11.1 Å². The van der Waals surface area contributed by atoms with Gasteiger partial charge in [0.05, 0.1) is 11.0 Å². The van der Waals surface area contributed by atoms with Crippen molar-refractivity contribution < 1.29 is 4.39 Å². The molecule has 10 rings (SSSR count). The van der Waals surface area contributed by atoms with E-state index in [4.69, 9.17) is 0 Å². The van der Waals surface area contributed by atoms with Crippen molar-refractivity contribution in [2.45, 2.75) is 55.9 Å². The third-order valence-electron chi connectivity index (χ3n) is 12.7. The van der Waals surface area contributed by atoms with Crippen LogP contribution in [0.4, 0.5) is 15.8 Å². The molecule has 2 aliphatic carbocycles. The van der Waals surface area contributed by atoms with E-state index in [1.807, 2.05) is 12.1 Å². The summed E-state index contributed by atoms with van der Waals surface area (Å²) in [5.41, 5.74) is 10.4. The largest absolute Gasteiger partial charge is 0.334 e. The van der Waals surface area contributed by atoms with E-state index in [1.165, 1.54) is 73.5 Å². The monoisotopic (exact) mass is 635 g/mol. The van der Waals surface area contributed by atoms with Gasteiger partial charge >= 0.3 is 0 Å². The van der Waals surface area contributed by atoms with E-state index in [-0.39, 0.29) is 16.8 Å². The molecule has 1 saturated carbocycles. The number of nitrogens with zero attached hydrogens (tertiary/aromatic N) is 1. The summed E-state index contributed by atoms with van der Waals surface area (Å²) in [4.78, 5) is 2.58. The fraction of sp³-hybridized carbons (Fsp3) is 0.191. The van der Waals surface area contributed by atoms with Crippen molar-refractivity contribution in [3.63, 3.8) is 0 Å². The van der Waals surface area contributed by atoms with Crippen LogP contribution in [0.2, 0.25) is 0 Å². The molecule has 1 heterocycles. The summed E-state index contributed by atoms with van der Waals surface area (Å²) < 4.78 is 15.0. The van der Waals surface area contributed by atoms with Crippen LogP contribution in [0.1, 0.15) is 67.3 Å². The number of anilines is 2. The molecule has 2 unspecified atom stereocenters. The van der Waals surface area contributed by atoms with Crippen LogP contribution >= 0.6 is 0 Å². The second kappa shape index (κ2) is 10.2. The smallest absolute Gasteiger partial charge is 0.123 e. The van der Waals surface area contributed by atoms with E-state index < -0.39 is 5.41 Å². The maximum atomic E-state index is 15.0. The molecule has 0 amide bonds. The zero-order valence-corrected chi connectivity index (χ0v) is 28.0. The Labute approximate surface area is 287 Å². The molecule has 7 aromatic rings. The summed E-state index contributed by atoms with van der Waals surface area (Å²) in [7, 11) is 0. The Morgan fingerprint density at radius 3 is 2.02 bits per heavy atom. The van der Waals surface area contributed by atoms with Gasteiger partial charge in [-0.3, -0.25) is 0 Å². The van der Waals surface area contributed by atoms with Crippen LogP contribution in [0.3, 0.4) is 0 Å². The summed E-state index contributed by atoms with van der Waals surface area (Å²) in [5.74, 6) is -0.147. The van der Waals surface area contributed by atoms with Crippen molar-refractivity contribution in [2.75, 3.05) is 4.90 Å². The van der Waals surface area contributed by atoms with Gasteiger partial charge in [-0.05, 0) is 111 Å². The summed E-state index contributed by atoms with van der Waals surface area (Å²) in [6.07, 6.45) is 4.47. The van der Waals surface area contributed by atoms with Crippen molar-refractivity contribution in [1.29, 1.82) is 0 Å². The van der Waals surface area contributed by atoms with Crippen LogP contribution in [0, 0.1) is 5.82 Å². The van der Waals surface area contributed by atoms with E-state index in [2.05, 4.69) is 146 Å². The van der Waals surface area contributed by atoms with Gasteiger partial charge in [-0.25, -0.2) is 4.39 Å². The Kier molecular flexibility index (Phi) is 5.96. The SMILES string of the molecule is CC12CCCCC1(C)N(c1ccc3c(c1)C(c1ccccc1)(c1ccccc1)c1ccc4c(ccc5ccccc54)c1-3)c1ccc(F)cc12. The predicted molar refractivity (Wildman–Crippen MR) is 202 cm³/mol. The molecule has 0 aromatic heterocycles. The number of halogens is 1. The Bertz CT molecular complexity index is 2410. The first kappa shape index (κ1) is 28.8. The lowest BCUT2D eigenvalue weighted by Crippen LogP contribution is -2.54. The van der Waals surface area contributed by atoms with Crippen molar-refractivity contribution >= 4 is 32.9 Å². The van der Waals surface area contributed by atoms with Gasteiger partial charge in [0.2, 0.25) is 0 Å². The molecule has 0 bridgehead atoms. The number of benzene rings is 7. The van der Waals surface area contributed by atoms with Crippen LogP contribution in [0.15, 0.2) is 146 Å². The fourth-order valence-electron chi connectivity index (χ4n) is 10.3. The molecule has 1 aliphatic heterocycles. The molecule has 238 valence electrons. The van der Waals surface area contributed by atoms with Gasteiger partial charge in [0, 0.05) is 16.8 Å². The molecule has 1 nitrogen and oxygen atoms in total. The molecular weight excluding hydrogens is 598 g/mol. The normalized spacial score (nSPS) is 21.7. The van der Waals surface area contributed by atoms with Crippen molar-refractivity contribution in [2.24, 2.45) is 0 Å². The van der Waals surface area contributed by atoms with Crippen LogP contribution in [0.25, 0.3) is 32.7 Å². The van der Waals surface area contributed by atoms with Crippen molar-refractivity contribution in [1.82, 2.24) is 0 Å². The fourth-order valence-corrected chi connectivity index (χ4v) is 10.3. The highest BCUT2D eigenvalue weighted by atomic mass is 19.1. The average Bonchev–Trinajstić information content (AvgIpc) is 3.55. The molecule has 7 aromatic carbocycles. The summed E-state index contributed by atoms with van der Waals surface area (Å²) >= 11 is 0. The minimum absolute atomic E-state index is 0.141. The Balaban J connectivity index is 1.32. The molecule has 49 heavy (non-hydrogen) atoms. The molecule has 0 N–H and O–H groups in total. The van der Waals surface area contributed by atoms with Crippen LogP contribution in [0.5, 0.6) is 0 Å². The van der Waals surface area contributed by atoms with E-state index in [0.29, 0.717) is 0 Å². The first-order valence-corrected chi connectivity index (χ1v) is 17.8. The number of fused-ring (bicyclic) bond motifs is 10. The summed E-state index contributed by atoms with van der Waals surface area (Å²) in [5, 5.41) is 5.11. The zero-order chi connectivity index (χ0) is 33.0. The van der Waals surface area contributed by atoms with Gasteiger partial charge in [-0.15, -0.1) is 0 Å². The Morgan fingerprint density at radius 2 is 1.24 bits per heavy atom. The Morgan fingerprint density at radius 1 is 0.551 bits per heavy atom. The molecule has 0 spiro atoms. The summed E-state index contributed by atoms with van der Waals surface area (Å²) in [6.45, 7) is 4.80. The summed E-state index contributed by atoms with van der Waals surface area (Å²) in [6, 6.07) is 52.9. The zero-order valence-electron chi connectivity index (χ0n) is 28.0. The van der Waals surface area contributed by atoms with Crippen molar-refractivity contribution in [3.05, 3.63) is 179 Å². The highest BCUT2D eigenvalue weighted by molar-refractivity contribution is 6.14. The topological polar surface area (TPSA) is 3.24 Å².